The molecule has 1 aliphatic rings. The van der Waals surface area contributed by atoms with Crippen LogP contribution in [0.5, 0.6) is 0 Å². The predicted octanol–water partition coefficient (Wildman–Crippen LogP) is 3.31. The lowest BCUT2D eigenvalue weighted by Gasteiger charge is -2.31. The molecular weight excluding hydrogens is 454 g/mol. The quantitative estimate of drug-likeness (QED) is 0.405. The zero-order valence-electron chi connectivity index (χ0n) is 20.9. The largest absolute Gasteiger partial charge is 0.343 e. The Kier molecular flexibility index (Phi) is 6.86. The molecule has 1 fully saturated rings. The fraction of sp³-hybridized carbons (Fsp3) is 0.385. The van der Waals surface area contributed by atoms with Crippen LogP contribution in [0.4, 0.5) is 11.6 Å². The number of carbonyl (C=O) groups excluding carboxylic acids is 1. The van der Waals surface area contributed by atoms with Gasteiger partial charge in [0, 0.05) is 56.7 Å². The van der Waals surface area contributed by atoms with E-state index in [1.54, 1.807) is 11.1 Å². The number of fused-ring (bicyclic) bond motifs is 1. The van der Waals surface area contributed by atoms with Crippen LogP contribution in [0, 0.1) is 0 Å². The van der Waals surface area contributed by atoms with Crippen molar-refractivity contribution in [3.05, 3.63) is 54.6 Å². The normalized spacial score (nSPS) is 14.7. The molecule has 1 amide bonds. The van der Waals surface area contributed by atoms with Crippen molar-refractivity contribution in [2.75, 3.05) is 38.5 Å². The molecular formula is C26H31N9O. The lowest BCUT2D eigenvalue weighted by Crippen LogP contribution is -2.48. The molecule has 0 atom stereocenters. The highest BCUT2D eigenvalue weighted by atomic mass is 16.2. The minimum absolute atomic E-state index is 0.190. The Morgan fingerprint density at radius 2 is 1.89 bits per heavy atom. The van der Waals surface area contributed by atoms with Gasteiger partial charge in [-0.2, -0.15) is 10.2 Å². The minimum atomic E-state index is 0.190. The highest BCUT2D eigenvalue weighted by molar-refractivity contribution is 5.81. The first-order valence-corrected chi connectivity index (χ1v) is 12.3. The van der Waals surface area contributed by atoms with E-state index in [2.05, 4.69) is 44.3 Å². The molecule has 0 aliphatic carbocycles. The predicted molar refractivity (Wildman–Crippen MR) is 139 cm³/mol. The molecule has 0 radical (unpaired) electrons. The number of nitrogens with zero attached hydrogens (tertiary/aromatic N) is 8. The van der Waals surface area contributed by atoms with Gasteiger partial charge in [-0.1, -0.05) is 13.8 Å². The van der Waals surface area contributed by atoms with Crippen molar-refractivity contribution >= 4 is 28.6 Å². The second-order valence-electron chi connectivity index (χ2n) is 9.55. The van der Waals surface area contributed by atoms with Gasteiger partial charge in [-0.3, -0.25) is 19.4 Å². The summed E-state index contributed by atoms with van der Waals surface area (Å²) >= 11 is 0. The van der Waals surface area contributed by atoms with Crippen molar-refractivity contribution in [1.82, 2.24) is 39.7 Å². The van der Waals surface area contributed by atoms with Crippen LogP contribution in [0.1, 0.15) is 31.7 Å². The third kappa shape index (κ3) is 5.49. The molecule has 36 heavy (non-hydrogen) atoms. The number of pyridine rings is 2. The summed E-state index contributed by atoms with van der Waals surface area (Å²) in [7, 11) is 1.86. The van der Waals surface area contributed by atoms with Crippen LogP contribution < -0.4 is 5.32 Å². The highest BCUT2D eigenvalue weighted by Crippen LogP contribution is 2.24. The molecule has 0 saturated carbocycles. The van der Waals surface area contributed by atoms with Crippen molar-refractivity contribution in [2.45, 2.75) is 32.7 Å². The van der Waals surface area contributed by atoms with Gasteiger partial charge in [-0.25, -0.2) is 4.98 Å². The van der Waals surface area contributed by atoms with Gasteiger partial charge < -0.3 is 10.2 Å². The molecule has 4 aromatic heterocycles. The number of likely N-dealkylation sites (N-methyl/N-ethyl adjacent to an activating group) is 1. The molecule has 1 N–H and O–H groups in total. The molecule has 5 rings (SSSR count). The first-order valence-electron chi connectivity index (χ1n) is 12.3. The van der Waals surface area contributed by atoms with E-state index in [-0.39, 0.29) is 5.91 Å². The third-order valence-electron chi connectivity index (χ3n) is 6.50. The monoisotopic (exact) mass is 485 g/mol. The van der Waals surface area contributed by atoms with Gasteiger partial charge in [0.2, 0.25) is 5.91 Å². The molecule has 0 bridgehead atoms. The van der Waals surface area contributed by atoms with Crippen molar-refractivity contribution in [3.63, 3.8) is 0 Å². The molecule has 0 unspecified atom stereocenters. The number of hydrogen-bond donors (Lipinski definition) is 1. The summed E-state index contributed by atoms with van der Waals surface area (Å²) in [6.07, 6.45) is 8.47. The second kappa shape index (κ2) is 10.4. The Hall–Kier alpha value is -3.92. The molecule has 4 aromatic rings. The summed E-state index contributed by atoms with van der Waals surface area (Å²) < 4.78 is 1.95. The zero-order valence-corrected chi connectivity index (χ0v) is 20.9. The van der Waals surface area contributed by atoms with E-state index in [4.69, 9.17) is 4.98 Å². The third-order valence-corrected chi connectivity index (χ3v) is 6.50. The van der Waals surface area contributed by atoms with Crippen LogP contribution in [0.2, 0.25) is 0 Å². The van der Waals surface area contributed by atoms with Gasteiger partial charge in [0.05, 0.1) is 30.0 Å². The average Bonchev–Trinajstić information content (AvgIpc) is 3.35. The molecule has 0 spiro atoms. The maximum absolute atomic E-state index is 11.9. The van der Waals surface area contributed by atoms with Gasteiger partial charge >= 0.3 is 0 Å². The van der Waals surface area contributed by atoms with E-state index in [0.717, 1.165) is 60.3 Å². The number of nitrogens with one attached hydrogen (secondary N) is 1. The van der Waals surface area contributed by atoms with E-state index >= 15 is 0 Å². The van der Waals surface area contributed by atoms with Gasteiger partial charge in [0.25, 0.3) is 0 Å². The van der Waals surface area contributed by atoms with Crippen LogP contribution >= 0.6 is 0 Å². The molecule has 1 aliphatic heterocycles. The molecule has 10 heteroatoms. The number of piperazine rings is 1. The molecule has 186 valence electrons. The smallest absolute Gasteiger partial charge is 0.236 e. The van der Waals surface area contributed by atoms with Crippen LogP contribution in [0.15, 0.2) is 49.1 Å². The number of anilines is 2. The number of aromatic nitrogens is 6. The Labute approximate surface area is 210 Å². The fourth-order valence-electron chi connectivity index (χ4n) is 4.21. The molecule has 0 aromatic carbocycles. The van der Waals surface area contributed by atoms with Crippen molar-refractivity contribution in [1.29, 1.82) is 0 Å². The molecule has 5 heterocycles. The van der Waals surface area contributed by atoms with E-state index < -0.39 is 0 Å². The van der Waals surface area contributed by atoms with E-state index in [9.17, 15) is 4.79 Å². The minimum Gasteiger partial charge on any atom is -0.343 e. The lowest BCUT2D eigenvalue weighted by atomic mass is 10.1. The number of carbonyl (C=O) groups is 1. The van der Waals surface area contributed by atoms with Gasteiger partial charge in [0.1, 0.15) is 5.82 Å². The van der Waals surface area contributed by atoms with Crippen molar-refractivity contribution in [3.8, 4) is 11.1 Å². The molecule has 10 nitrogen and oxygen atoms in total. The fourth-order valence-corrected chi connectivity index (χ4v) is 4.21. The van der Waals surface area contributed by atoms with Crippen molar-refractivity contribution in [2.24, 2.45) is 0 Å². The van der Waals surface area contributed by atoms with Crippen LogP contribution in [0.25, 0.3) is 22.2 Å². The standard InChI is InChI=1S/C26H31N9O/c1-18(2)19-12-25(32-28-14-19)31-24-6-5-22-23(30-24)11-20(13-27-22)21-15-29-35(16-21)8-4-7-34-10-9-33(3)26(36)17-34/h5-6,11-16,18H,4,7-10,17H2,1-3H3,(H,30,31,32). The van der Waals surface area contributed by atoms with Gasteiger partial charge in [-0.15, -0.1) is 5.10 Å². The summed E-state index contributed by atoms with van der Waals surface area (Å²) in [6, 6.07) is 7.86. The summed E-state index contributed by atoms with van der Waals surface area (Å²) in [5.74, 6) is 1.92. The topological polar surface area (TPSA) is 105 Å². The number of rotatable bonds is 8. The highest BCUT2D eigenvalue weighted by Gasteiger charge is 2.20. The van der Waals surface area contributed by atoms with E-state index in [1.807, 2.05) is 54.6 Å². The number of aryl methyl sites for hydroxylation is 1. The molecule has 1 saturated heterocycles. The van der Waals surface area contributed by atoms with Crippen LogP contribution in [-0.2, 0) is 11.3 Å². The summed E-state index contributed by atoms with van der Waals surface area (Å²) in [6.45, 7) is 8.15. The first kappa shape index (κ1) is 23.8. The summed E-state index contributed by atoms with van der Waals surface area (Å²) in [5.41, 5.74) is 4.68. The van der Waals surface area contributed by atoms with Crippen LogP contribution in [-0.4, -0.2) is 78.9 Å². The Balaban J connectivity index is 1.25. The first-order chi connectivity index (χ1) is 17.4. The zero-order chi connectivity index (χ0) is 25.1. The van der Waals surface area contributed by atoms with Crippen molar-refractivity contribution < 1.29 is 4.79 Å². The Morgan fingerprint density at radius 3 is 2.72 bits per heavy atom. The van der Waals surface area contributed by atoms with E-state index in [0.29, 0.717) is 24.1 Å². The van der Waals surface area contributed by atoms with E-state index in [1.165, 1.54) is 0 Å². The second-order valence-corrected chi connectivity index (χ2v) is 9.55. The van der Waals surface area contributed by atoms with Crippen LogP contribution in [0.3, 0.4) is 0 Å². The van der Waals surface area contributed by atoms with Gasteiger partial charge in [0.15, 0.2) is 5.82 Å². The lowest BCUT2D eigenvalue weighted by molar-refractivity contribution is -0.134. The summed E-state index contributed by atoms with van der Waals surface area (Å²) in [5, 5.41) is 16.0. The SMILES string of the molecule is CC(C)c1cnnc(Nc2ccc3ncc(-c4cnn(CCCN5CCN(C)C(=O)C5)c4)cc3n2)c1. The Morgan fingerprint density at radius 1 is 1.00 bits per heavy atom. The Bertz CT molecular complexity index is 1370. The maximum Gasteiger partial charge on any atom is 0.236 e. The number of amides is 1. The average molecular weight is 486 g/mol. The maximum atomic E-state index is 11.9. The van der Waals surface area contributed by atoms with Gasteiger partial charge in [-0.05, 0) is 42.2 Å². The number of hydrogen-bond acceptors (Lipinski definition) is 8. The summed E-state index contributed by atoms with van der Waals surface area (Å²) in [4.78, 5) is 25.2.